The van der Waals surface area contributed by atoms with Gasteiger partial charge in [0, 0.05) is 10.1 Å². The SMILES string of the molecule is O=C(O)C1CCCN1C(=O)c1ccc(F)cc1I. The summed E-state index contributed by atoms with van der Waals surface area (Å²) in [5.74, 6) is -1.74. The van der Waals surface area contributed by atoms with Gasteiger partial charge >= 0.3 is 5.97 Å². The molecule has 1 saturated heterocycles. The summed E-state index contributed by atoms with van der Waals surface area (Å²) in [5, 5.41) is 9.04. The molecule has 2 rings (SSSR count). The van der Waals surface area contributed by atoms with Crippen LogP contribution in [0.25, 0.3) is 0 Å². The molecule has 1 atom stereocenters. The van der Waals surface area contributed by atoms with Crippen molar-refractivity contribution in [1.29, 1.82) is 0 Å². The van der Waals surface area contributed by atoms with Crippen molar-refractivity contribution in [1.82, 2.24) is 4.90 Å². The van der Waals surface area contributed by atoms with E-state index in [2.05, 4.69) is 0 Å². The third kappa shape index (κ3) is 2.47. The maximum Gasteiger partial charge on any atom is 0.326 e. The highest BCUT2D eigenvalue weighted by Gasteiger charge is 2.34. The third-order valence-corrected chi connectivity index (χ3v) is 3.85. The molecule has 0 saturated carbocycles. The number of carbonyl (C=O) groups is 2. The number of carbonyl (C=O) groups excluding carboxylic acids is 1. The number of nitrogens with zero attached hydrogens (tertiary/aromatic N) is 1. The topological polar surface area (TPSA) is 57.6 Å². The summed E-state index contributed by atoms with van der Waals surface area (Å²) in [6.45, 7) is 0.434. The van der Waals surface area contributed by atoms with Gasteiger partial charge < -0.3 is 10.0 Å². The largest absolute Gasteiger partial charge is 0.480 e. The van der Waals surface area contributed by atoms with E-state index in [-0.39, 0.29) is 5.91 Å². The van der Waals surface area contributed by atoms with E-state index in [0.29, 0.717) is 28.5 Å². The van der Waals surface area contributed by atoms with E-state index in [1.807, 2.05) is 22.6 Å². The first kappa shape index (κ1) is 13.3. The quantitative estimate of drug-likeness (QED) is 0.819. The molecule has 0 aliphatic carbocycles. The van der Waals surface area contributed by atoms with E-state index in [9.17, 15) is 14.0 Å². The Morgan fingerprint density at radius 2 is 2.17 bits per heavy atom. The highest BCUT2D eigenvalue weighted by atomic mass is 127. The van der Waals surface area contributed by atoms with Crippen LogP contribution in [0.4, 0.5) is 4.39 Å². The minimum absolute atomic E-state index is 0.343. The Morgan fingerprint density at radius 1 is 1.44 bits per heavy atom. The van der Waals surface area contributed by atoms with Crippen LogP contribution in [-0.2, 0) is 4.79 Å². The molecule has 1 N–H and O–H groups in total. The van der Waals surface area contributed by atoms with Crippen LogP contribution >= 0.6 is 22.6 Å². The van der Waals surface area contributed by atoms with Crippen molar-refractivity contribution in [3.05, 3.63) is 33.1 Å². The number of halogens is 2. The first-order valence-corrected chi connectivity index (χ1v) is 6.57. The van der Waals surface area contributed by atoms with E-state index in [1.165, 1.54) is 23.1 Å². The standard InChI is InChI=1S/C12H11FINO3/c13-7-3-4-8(9(14)6-7)11(16)15-5-1-2-10(15)12(17)18/h3-4,6,10H,1-2,5H2,(H,17,18). The second-order valence-electron chi connectivity index (χ2n) is 4.12. The summed E-state index contributed by atoms with van der Waals surface area (Å²) in [6.07, 6.45) is 1.15. The van der Waals surface area contributed by atoms with E-state index in [4.69, 9.17) is 5.11 Å². The van der Waals surface area contributed by atoms with Gasteiger partial charge in [-0.25, -0.2) is 9.18 Å². The molecular formula is C12H11FINO3. The van der Waals surface area contributed by atoms with Gasteiger partial charge in [-0.15, -0.1) is 0 Å². The predicted octanol–water partition coefficient (Wildman–Crippen LogP) is 2.12. The zero-order chi connectivity index (χ0) is 13.3. The molecule has 0 aromatic heterocycles. The van der Waals surface area contributed by atoms with Crippen LogP contribution in [0.5, 0.6) is 0 Å². The number of hydrogen-bond acceptors (Lipinski definition) is 2. The molecule has 1 aliphatic heterocycles. The number of hydrogen-bond donors (Lipinski definition) is 1. The molecule has 1 aliphatic rings. The van der Waals surface area contributed by atoms with Crippen molar-refractivity contribution in [3.8, 4) is 0 Å². The summed E-state index contributed by atoms with van der Waals surface area (Å²) >= 11 is 1.88. The number of amides is 1. The van der Waals surface area contributed by atoms with Crippen molar-refractivity contribution in [2.45, 2.75) is 18.9 Å². The zero-order valence-corrected chi connectivity index (χ0v) is 11.6. The van der Waals surface area contributed by atoms with Gasteiger partial charge in [-0.2, -0.15) is 0 Å². The number of rotatable bonds is 2. The molecule has 1 aromatic carbocycles. The molecule has 0 radical (unpaired) electrons. The van der Waals surface area contributed by atoms with E-state index in [1.54, 1.807) is 0 Å². The molecule has 18 heavy (non-hydrogen) atoms. The molecule has 0 bridgehead atoms. The van der Waals surface area contributed by atoms with Crippen molar-refractivity contribution in [2.75, 3.05) is 6.54 Å². The number of likely N-dealkylation sites (tertiary alicyclic amines) is 1. The average molecular weight is 363 g/mol. The van der Waals surface area contributed by atoms with Gasteiger partial charge in [0.25, 0.3) is 5.91 Å². The molecule has 96 valence electrons. The molecular weight excluding hydrogens is 352 g/mol. The maximum atomic E-state index is 13.0. The first-order valence-electron chi connectivity index (χ1n) is 5.49. The fraction of sp³-hybridized carbons (Fsp3) is 0.333. The molecule has 0 spiro atoms. The Hall–Kier alpha value is -1.18. The highest BCUT2D eigenvalue weighted by Crippen LogP contribution is 2.23. The van der Waals surface area contributed by atoms with E-state index in [0.717, 1.165) is 0 Å². The number of benzene rings is 1. The van der Waals surface area contributed by atoms with Gasteiger partial charge in [0.15, 0.2) is 0 Å². The number of carboxylic acids is 1. The minimum Gasteiger partial charge on any atom is -0.480 e. The van der Waals surface area contributed by atoms with E-state index < -0.39 is 17.8 Å². The summed E-state index contributed by atoms with van der Waals surface area (Å²) in [5.41, 5.74) is 0.352. The van der Waals surface area contributed by atoms with Gasteiger partial charge in [-0.1, -0.05) is 0 Å². The van der Waals surface area contributed by atoms with E-state index >= 15 is 0 Å². The first-order chi connectivity index (χ1) is 8.50. The molecule has 6 heteroatoms. The summed E-state index contributed by atoms with van der Waals surface area (Å²) in [4.78, 5) is 24.6. The number of carboxylic acid groups (broad SMARTS) is 1. The average Bonchev–Trinajstić information content (AvgIpc) is 2.77. The lowest BCUT2D eigenvalue weighted by molar-refractivity contribution is -0.141. The van der Waals surface area contributed by atoms with Gasteiger partial charge in [0.05, 0.1) is 5.56 Å². The Kier molecular flexibility index (Phi) is 3.84. The van der Waals surface area contributed by atoms with Crippen molar-refractivity contribution in [2.24, 2.45) is 0 Å². The third-order valence-electron chi connectivity index (χ3n) is 2.96. The number of aliphatic carboxylic acids is 1. The lowest BCUT2D eigenvalue weighted by atomic mass is 10.1. The van der Waals surface area contributed by atoms with Crippen LogP contribution in [-0.4, -0.2) is 34.5 Å². The second kappa shape index (κ2) is 5.21. The second-order valence-corrected chi connectivity index (χ2v) is 5.28. The molecule has 1 amide bonds. The summed E-state index contributed by atoms with van der Waals surface area (Å²) in [7, 11) is 0. The monoisotopic (exact) mass is 363 g/mol. The van der Waals surface area contributed by atoms with Crippen LogP contribution < -0.4 is 0 Å². The smallest absolute Gasteiger partial charge is 0.326 e. The fourth-order valence-corrected chi connectivity index (χ4v) is 2.79. The Balaban J connectivity index is 2.28. The van der Waals surface area contributed by atoms with Crippen LogP contribution in [0.3, 0.4) is 0 Å². The van der Waals surface area contributed by atoms with Crippen LogP contribution in [0.15, 0.2) is 18.2 Å². The normalized spacial score (nSPS) is 19.0. The maximum absolute atomic E-state index is 13.0. The molecule has 1 unspecified atom stereocenters. The lowest BCUT2D eigenvalue weighted by Crippen LogP contribution is -2.40. The van der Waals surface area contributed by atoms with Crippen molar-refractivity contribution < 1.29 is 19.1 Å². The Bertz CT molecular complexity index is 506. The van der Waals surface area contributed by atoms with Gasteiger partial charge in [0.2, 0.25) is 0 Å². The molecule has 1 fully saturated rings. The fourth-order valence-electron chi connectivity index (χ4n) is 2.08. The summed E-state index contributed by atoms with van der Waals surface area (Å²) in [6, 6.07) is 3.11. The lowest BCUT2D eigenvalue weighted by Gasteiger charge is -2.21. The Labute approximate surface area is 117 Å². The molecule has 1 heterocycles. The summed E-state index contributed by atoms with van der Waals surface area (Å²) < 4.78 is 13.5. The van der Waals surface area contributed by atoms with Crippen molar-refractivity contribution in [3.63, 3.8) is 0 Å². The molecule has 4 nitrogen and oxygen atoms in total. The van der Waals surface area contributed by atoms with Gasteiger partial charge in [0.1, 0.15) is 11.9 Å². The van der Waals surface area contributed by atoms with Crippen LogP contribution in [0.1, 0.15) is 23.2 Å². The minimum atomic E-state index is -0.988. The van der Waals surface area contributed by atoms with Crippen molar-refractivity contribution >= 4 is 34.5 Å². The zero-order valence-electron chi connectivity index (χ0n) is 9.40. The van der Waals surface area contributed by atoms with Crippen LogP contribution in [0, 0.1) is 9.39 Å². The highest BCUT2D eigenvalue weighted by molar-refractivity contribution is 14.1. The Morgan fingerprint density at radius 3 is 2.78 bits per heavy atom. The predicted molar refractivity (Wildman–Crippen MR) is 70.8 cm³/mol. The van der Waals surface area contributed by atoms with Gasteiger partial charge in [-0.3, -0.25) is 4.79 Å². The van der Waals surface area contributed by atoms with Gasteiger partial charge in [-0.05, 0) is 53.6 Å². The van der Waals surface area contributed by atoms with Crippen LogP contribution in [0.2, 0.25) is 0 Å². The molecule has 1 aromatic rings.